The van der Waals surface area contributed by atoms with Crippen molar-refractivity contribution in [1.82, 2.24) is 19.9 Å². The quantitative estimate of drug-likeness (QED) is 0.313. The van der Waals surface area contributed by atoms with Crippen LogP contribution in [0.25, 0.3) is 11.3 Å². The van der Waals surface area contributed by atoms with E-state index in [2.05, 4.69) is 26.2 Å². The third-order valence-electron chi connectivity index (χ3n) is 8.06. The summed E-state index contributed by atoms with van der Waals surface area (Å²) in [6, 6.07) is 5.16. The number of aromatic nitrogens is 3. The minimum Gasteiger partial charge on any atom is -0.394 e. The number of carbonyl (C=O) groups excluding carboxylic acids is 2. The Bertz CT molecular complexity index is 1550. The summed E-state index contributed by atoms with van der Waals surface area (Å²) in [5.74, 6) is -2.96. The molecule has 3 heterocycles. The highest BCUT2D eigenvalue weighted by Crippen LogP contribution is 2.36. The lowest BCUT2D eigenvalue weighted by molar-refractivity contribution is -0.211. The first-order valence-corrected chi connectivity index (χ1v) is 15.1. The fraction of sp³-hybridized carbons (Fsp3) is 0.448. The summed E-state index contributed by atoms with van der Waals surface area (Å²) in [7, 11) is 1.30. The second kappa shape index (κ2) is 13.4. The van der Waals surface area contributed by atoms with Crippen molar-refractivity contribution < 1.29 is 43.2 Å². The van der Waals surface area contributed by atoms with Gasteiger partial charge in [0.25, 0.3) is 5.91 Å². The second-order valence-electron chi connectivity index (χ2n) is 11.1. The van der Waals surface area contributed by atoms with Crippen LogP contribution < -0.4 is 4.90 Å². The minimum absolute atomic E-state index is 0.00419. The summed E-state index contributed by atoms with van der Waals surface area (Å²) in [6.07, 6.45) is -5.25. The summed E-state index contributed by atoms with van der Waals surface area (Å²) in [4.78, 5) is 29.5. The van der Waals surface area contributed by atoms with E-state index >= 15 is 0 Å². The lowest BCUT2D eigenvalue weighted by atomic mass is 9.91. The van der Waals surface area contributed by atoms with E-state index in [4.69, 9.17) is 21.1 Å². The largest absolute Gasteiger partial charge is 0.394 e. The predicted molar refractivity (Wildman–Crippen MR) is 160 cm³/mol. The van der Waals surface area contributed by atoms with Crippen molar-refractivity contribution in [3.05, 3.63) is 63.2 Å². The first kappa shape index (κ1) is 33.3. The van der Waals surface area contributed by atoms with Crippen LogP contribution in [0.15, 0.2) is 41.0 Å². The van der Waals surface area contributed by atoms with Gasteiger partial charge in [0.2, 0.25) is 5.91 Å². The maximum atomic E-state index is 14.6. The molecule has 5 unspecified atom stereocenters. The number of likely N-dealkylation sites (tertiary alicyclic amines) is 1. The van der Waals surface area contributed by atoms with Crippen LogP contribution in [-0.4, -0.2) is 110 Å². The average molecular weight is 715 g/mol. The van der Waals surface area contributed by atoms with Crippen LogP contribution in [0.2, 0.25) is 5.02 Å². The van der Waals surface area contributed by atoms with E-state index in [1.54, 1.807) is 12.1 Å². The number of amides is 2. The Morgan fingerprint density at radius 2 is 1.87 bits per heavy atom. The Morgan fingerprint density at radius 3 is 2.44 bits per heavy atom. The number of rotatable bonds is 7. The molecule has 2 aliphatic heterocycles. The average Bonchev–Trinajstić information content (AvgIpc) is 3.62. The van der Waals surface area contributed by atoms with E-state index in [9.17, 15) is 33.7 Å². The maximum Gasteiger partial charge on any atom is 0.259 e. The van der Waals surface area contributed by atoms with Gasteiger partial charge in [0.1, 0.15) is 46.7 Å². The van der Waals surface area contributed by atoms with Crippen LogP contribution >= 0.6 is 27.5 Å². The number of aliphatic hydroxyl groups excluding tert-OH is 3. The number of hydrogen-bond donors (Lipinski definition) is 3. The number of hydrogen-bond acceptors (Lipinski definition) is 9. The number of anilines is 1. The molecule has 3 N–H and O–H groups in total. The first-order chi connectivity index (χ1) is 21.3. The smallest absolute Gasteiger partial charge is 0.259 e. The third kappa shape index (κ3) is 6.48. The van der Waals surface area contributed by atoms with Gasteiger partial charge in [-0.3, -0.25) is 9.59 Å². The van der Waals surface area contributed by atoms with Crippen LogP contribution in [0.3, 0.4) is 0 Å². The minimum atomic E-state index is -1.47. The van der Waals surface area contributed by atoms with Crippen molar-refractivity contribution in [2.45, 2.75) is 56.5 Å². The number of carbonyl (C=O) groups is 2. The van der Waals surface area contributed by atoms with Crippen molar-refractivity contribution in [1.29, 1.82) is 0 Å². The number of methoxy groups -OCH3 is 1. The Hall–Kier alpha value is -3.05. The molecule has 7 atom stereocenters. The molecule has 3 aromatic rings. The molecule has 0 aliphatic carbocycles. The van der Waals surface area contributed by atoms with Crippen molar-refractivity contribution in [2.75, 3.05) is 31.7 Å². The number of benzene rings is 2. The zero-order valence-corrected chi connectivity index (χ0v) is 26.7. The molecular weight excluding hydrogens is 684 g/mol. The van der Waals surface area contributed by atoms with E-state index in [0.29, 0.717) is 10.2 Å². The molecule has 16 heteroatoms. The van der Waals surface area contributed by atoms with Gasteiger partial charge in [-0.05, 0) is 42.8 Å². The van der Waals surface area contributed by atoms with Gasteiger partial charge in [-0.25, -0.2) is 13.5 Å². The van der Waals surface area contributed by atoms with E-state index in [1.165, 1.54) is 34.7 Å². The van der Waals surface area contributed by atoms with Crippen LogP contribution in [0, 0.1) is 18.6 Å². The number of β-amino-alcohol motifs (C(OH)–C–C–N with tert-alkyl or cyclic N) is 1. The molecule has 2 aliphatic rings. The van der Waals surface area contributed by atoms with E-state index in [0.717, 1.165) is 17.7 Å². The highest BCUT2D eigenvalue weighted by atomic mass is 79.9. The molecule has 45 heavy (non-hydrogen) atoms. The van der Waals surface area contributed by atoms with Gasteiger partial charge in [-0.1, -0.05) is 32.7 Å². The van der Waals surface area contributed by atoms with E-state index in [1.807, 2.05) is 13.0 Å². The molecule has 242 valence electrons. The molecule has 2 aromatic carbocycles. The Kier molecular flexibility index (Phi) is 9.89. The topological polar surface area (TPSA) is 150 Å². The van der Waals surface area contributed by atoms with Crippen molar-refractivity contribution in [2.24, 2.45) is 0 Å². The molecule has 12 nitrogen and oxygen atoms in total. The molecule has 0 radical (unpaired) electrons. The van der Waals surface area contributed by atoms with Gasteiger partial charge in [0.05, 0.1) is 24.9 Å². The van der Waals surface area contributed by atoms with Crippen LogP contribution in [0.5, 0.6) is 0 Å². The molecule has 2 amide bonds. The van der Waals surface area contributed by atoms with E-state index < -0.39 is 71.8 Å². The zero-order chi connectivity index (χ0) is 32.7. The van der Waals surface area contributed by atoms with Crippen molar-refractivity contribution >= 4 is 45.0 Å². The highest BCUT2D eigenvalue weighted by Gasteiger charge is 2.52. The number of aliphatic hydroxyl groups is 3. The van der Waals surface area contributed by atoms with Crippen molar-refractivity contribution in [3.8, 4) is 11.3 Å². The molecule has 1 aromatic heterocycles. The van der Waals surface area contributed by atoms with Gasteiger partial charge in [-0.15, -0.1) is 5.10 Å². The molecule has 2 fully saturated rings. The standard InChI is InChI=1S/C29H31BrClF2N5O7/c1-13-4-16(30)8-17(5-13)38(21-10-36(14(2)40)11-22(21)41)29(43)28-27(44-3)25(26(42)23(12-39)45-28)37-9-20(34-35-37)15-6-18(32)24(31)19(33)7-15/h4-9,21-23,25-28,39,41-42H,10-12H2,1-3H3/t21-,22-,23?,25?,26?,27?,28?/m0/s1. The maximum absolute atomic E-state index is 14.6. The Labute approximate surface area is 270 Å². The van der Waals surface area contributed by atoms with E-state index in [-0.39, 0.29) is 30.3 Å². The number of ether oxygens (including phenoxy) is 2. The third-order valence-corrected chi connectivity index (χ3v) is 8.88. The second-order valence-corrected chi connectivity index (χ2v) is 12.3. The Balaban J connectivity index is 1.56. The fourth-order valence-corrected chi connectivity index (χ4v) is 6.58. The first-order valence-electron chi connectivity index (χ1n) is 13.9. The van der Waals surface area contributed by atoms with Crippen LogP contribution in [-0.2, 0) is 19.1 Å². The highest BCUT2D eigenvalue weighted by molar-refractivity contribution is 9.10. The number of aryl methyl sites for hydroxylation is 1. The SMILES string of the molecule is COC1C(C(=O)N(c2cc(C)cc(Br)c2)[C@H]2CN(C(C)=O)C[C@@H]2O)OC(CO)C(O)C1n1cc(-c2cc(F)c(Cl)c(F)c2)nn1. The lowest BCUT2D eigenvalue weighted by Gasteiger charge is -2.45. The lowest BCUT2D eigenvalue weighted by Crippen LogP contribution is -2.63. The summed E-state index contributed by atoms with van der Waals surface area (Å²) >= 11 is 9.07. The molecule has 5 rings (SSSR count). The van der Waals surface area contributed by atoms with Crippen molar-refractivity contribution in [3.63, 3.8) is 0 Å². The monoisotopic (exact) mass is 713 g/mol. The molecule has 0 bridgehead atoms. The fourth-order valence-electron chi connectivity index (χ4n) is 5.87. The summed E-state index contributed by atoms with van der Waals surface area (Å²) < 4.78 is 41.9. The predicted octanol–water partition coefficient (Wildman–Crippen LogP) is 2.25. The van der Waals surface area contributed by atoms with Crippen LogP contribution in [0.4, 0.5) is 14.5 Å². The number of nitrogens with zero attached hydrogens (tertiary/aromatic N) is 5. The van der Waals surface area contributed by atoms with Gasteiger partial charge in [-0.2, -0.15) is 0 Å². The zero-order valence-electron chi connectivity index (χ0n) is 24.3. The van der Waals surface area contributed by atoms with Gasteiger partial charge in [0.15, 0.2) is 6.10 Å². The molecule has 0 spiro atoms. The summed E-state index contributed by atoms with van der Waals surface area (Å²) in [5, 5.41) is 39.8. The molecule has 0 saturated carbocycles. The summed E-state index contributed by atoms with van der Waals surface area (Å²) in [5.41, 5.74) is 1.25. The molecule has 2 saturated heterocycles. The van der Waals surface area contributed by atoms with Gasteiger partial charge < -0.3 is 34.6 Å². The van der Waals surface area contributed by atoms with Gasteiger partial charge >= 0.3 is 0 Å². The number of halogens is 4. The Morgan fingerprint density at radius 1 is 1.18 bits per heavy atom. The van der Waals surface area contributed by atoms with Gasteiger partial charge in [0, 0.05) is 42.8 Å². The van der Waals surface area contributed by atoms with Crippen LogP contribution in [0.1, 0.15) is 18.5 Å². The summed E-state index contributed by atoms with van der Waals surface area (Å²) in [6.45, 7) is 2.55. The normalized spacial score (nSPS) is 26.7. The molecular formula is C29H31BrClF2N5O7.